The first-order valence-corrected chi connectivity index (χ1v) is 10.9. The molecule has 174 valence electrons. The molecule has 0 saturated heterocycles. The number of anilines is 2. The molecule has 8 nitrogen and oxygen atoms in total. The highest BCUT2D eigenvalue weighted by molar-refractivity contribution is 6.10. The number of hydrogen-bond acceptors (Lipinski definition) is 5. The van der Waals surface area contributed by atoms with E-state index < -0.39 is 11.9 Å². The van der Waals surface area contributed by atoms with Crippen LogP contribution in [0.4, 0.5) is 11.4 Å². The number of benzene rings is 3. The number of fused-ring (bicyclic) bond motifs is 1. The van der Waals surface area contributed by atoms with Crippen molar-refractivity contribution in [3.63, 3.8) is 0 Å². The van der Waals surface area contributed by atoms with E-state index >= 15 is 0 Å². The molecule has 0 saturated carbocycles. The van der Waals surface area contributed by atoms with Gasteiger partial charge in [0.15, 0.2) is 0 Å². The first-order valence-electron chi connectivity index (χ1n) is 10.9. The minimum absolute atomic E-state index is 0.0314. The van der Waals surface area contributed by atoms with Gasteiger partial charge in [-0.3, -0.25) is 19.3 Å². The molecule has 4 rings (SSSR count). The van der Waals surface area contributed by atoms with Crippen molar-refractivity contribution in [3.05, 3.63) is 89.5 Å². The standard InChI is InChI=1S/C26H26N4O4/c1-34-20-12-10-19(11-13-20)28-26(33)21-8-4-5-9-22(21)29-24(31)16-30-15-18-7-3-2-6-17(18)14-23(30)25(27)32/h2-13,23H,14-16H2,1H3,(H2,27,32)(H,28,33)(H,29,31)/t23-/m0/s1. The van der Waals surface area contributed by atoms with E-state index in [-0.39, 0.29) is 18.4 Å². The van der Waals surface area contributed by atoms with E-state index in [1.165, 1.54) is 0 Å². The van der Waals surface area contributed by atoms with Gasteiger partial charge in [0.2, 0.25) is 11.8 Å². The van der Waals surface area contributed by atoms with E-state index in [0.717, 1.165) is 11.1 Å². The second kappa shape index (κ2) is 10.2. The lowest BCUT2D eigenvalue weighted by atomic mass is 9.93. The molecule has 3 amide bonds. The van der Waals surface area contributed by atoms with E-state index in [9.17, 15) is 14.4 Å². The Bertz CT molecular complexity index is 1210. The fourth-order valence-electron chi connectivity index (χ4n) is 4.06. The summed E-state index contributed by atoms with van der Waals surface area (Å²) in [6, 6.07) is 21.0. The molecule has 0 unspecified atom stereocenters. The maximum absolute atomic E-state index is 12.9. The number of nitrogens with zero attached hydrogens (tertiary/aromatic N) is 1. The number of amides is 3. The molecule has 0 aliphatic carbocycles. The van der Waals surface area contributed by atoms with E-state index in [0.29, 0.717) is 35.7 Å². The van der Waals surface area contributed by atoms with Gasteiger partial charge in [-0.05, 0) is 53.9 Å². The minimum Gasteiger partial charge on any atom is -0.497 e. The molecule has 4 N–H and O–H groups in total. The molecule has 3 aromatic carbocycles. The Morgan fingerprint density at radius 3 is 2.32 bits per heavy atom. The number of hydrogen-bond donors (Lipinski definition) is 3. The van der Waals surface area contributed by atoms with Crippen molar-refractivity contribution >= 4 is 29.1 Å². The lowest BCUT2D eigenvalue weighted by Crippen LogP contribution is -2.51. The summed E-state index contributed by atoms with van der Waals surface area (Å²) >= 11 is 0. The van der Waals surface area contributed by atoms with Crippen molar-refractivity contribution in [1.29, 1.82) is 0 Å². The Hall–Kier alpha value is -4.17. The maximum Gasteiger partial charge on any atom is 0.257 e. The van der Waals surface area contributed by atoms with Gasteiger partial charge in [-0.2, -0.15) is 0 Å². The third kappa shape index (κ3) is 5.24. The van der Waals surface area contributed by atoms with E-state index in [1.807, 2.05) is 24.3 Å². The largest absolute Gasteiger partial charge is 0.497 e. The molecule has 0 radical (unpaired) electrons. The zero-order chi connectivity index (χ0) is 24.1. The minimum atomic E-state index is -0.575. The number of nitrogens with two attached hydrogens (primary N) is 1. The van der Waals surface area contributed by atoms with Crippen molar-refractivity contribution in [2.75, 3.05) is 24.3 Å². The molecule has 0 bridgehead atoms. The van der Waals surface area contributed by atoms with Crippen LogP contribution in [0.2, 0.25) is 0 Å². The summed E-state index contributed by atoms with van der Waals surface area (Å²) in [5, 5.41) is 5.63. The quantitative estimate of drug-likeness (QED) is 0.504. The van der Waals surface area contributed by atoms with Gasteiger partial charge in [-0.1, -0.05) is 36.4 Å². The SMILES string of the molecule is COc1ccc(NC(=O)c2ccccc2NC(=O)CN2Cc3ccccc3C[C@H]2C(N)=O)cc1. The average molecular weight is 459 g/mol. The van der Waals surface area contributed by atoms with Crippen LogP contribution in [0.15, 0.2) is 72.8 Å². The van der Waals surface area contributed by atoms with Crippen LogP contribution in [0.5, 0.6) is 5.75 Å². The number of carbonyl (C=O) groups is 3. The highest BCUT2D eigenvalue weighted by Crippen LogP contribution is 2.24. The average Bonchev–Trinajstić information content (AvgIpc) is 2.84. The van der Waals surface area contributed by atoms with E-state index in [1.54, 1.807) is 60.5 Å². The lowest BCUT2D eigenvalue weighted by molar-refractivity contribution is -0.125. The van der Waals surface area contributed by atoms with Gasteiger partial charge in [0.25, 0.3) is 5.91 Å². The Kier molecular flexibility index (Phi) is 6.89. The molecule has 0 fully saturated rings. The van der Waals surface area contributed by atoms with E-state index in [4.69, 9.17) is 10.5 Å². The second-order valence-electron chi connectivity index (χ2n) is 8.07. The van der Waals surface area contributed by atoms with Crippen LogP contribution in [0.25, 0.3) is 0 Å². The first kappa shape index (κ1) is 23.0. The fourth-order valence-corrected chi connectivity index (χ4v) is 4.06. The zero-order valence-corrected chi connectivity index (χ0v) is 18.8. The van der Waals surface area contributed by atoms with Crippen LogP contribution in [0, 0.1) is 0 Å². The number of nitrogens with one attached hydrogen (secondary N) is 2. The van der Waals surface area contributed by atoms with Crippen LogP contribution in [-0.2, 0) is 22.6 Å². The molecular formula is C26H26N4O4. The van der Waals surface area contributed by atoms with Crippen molar-refractivity contribution in [3.8, 4) is 5.75 Å². The third-order valence-corrected chi connectivity index (χ3v) is 5.81. The summed E-state index contributed by atoms with van der Waals surface area (Å²) in [5.41, 5.74) is 9.05. The van der Waals surface area contributed by atoms with Crippen LogP contribution in [-0.4, -0.2) is 42.3 Å². The maximum atomic E-state index is 12.9. The summed E-state index contributed by atoms with van der Waals surface area (Å²) in [5.74, 6) is -0.486. The van der Waals surface area contributed by atoms with E-state index in [2.05, 4.69) is 10.6 Å². The number of primary amides is 1. The molecule has 0 aromatic heterocycles. The molecule has 1 aliphatic heterocycles. The predicted octanol–water partition coefficient (Wildman–Crippen LogP) is 2.80. The van der Waals surface area contributed by atoms with Gasteiger partial charge < -0.3 is 21.1 Å². The Balaban J connectivity index is 1.46. The van der Waals surface area contributed by atoms with Gasteiger partial charge in [0.1, 0.15) is 5.75 Å². The Morgan fingerprint density at radius 2 is 1.62 bits per heavy atom. The number of para-hydroxylation sites is 1. The fraction of sp³-hybridized carbons (Fsp3) is 0.192. The van der Waals surface area contributed by atoms with Crippen molar-refractivity contribution in [2.45, 2.75) is 19.0 Å². The molecule has 1 aliphatic rings. The monoisotopic (exact) mass is 458 g/mol. The third-order valence-electron chi connectivity index (χ3n) is 5.81. The highest BCUT2D eigenvalue weighted by atomic mass is 16.5. The summed E-state index contributed by atoms with van der Waals surface area (Å²) in [7, 11) is 1.57. The zero-order valence-electron chi connectivity index (χ0n) is 18.8. The van der Waals surface area contributed by atoms with Crippen molar-refractivity contribution < 1.29 is 19.1 Å². The molecule has 0 spiro atoms. The summed E-state index contributed by atoms with van der Waals surface area (Å²) in [6.07, 6.45) is 0.458. The van der Waals surface area contributed by atoms with Crippen LogP contribution >= 0.6 is 0 Å². The smallest absolute Gasteiger partial charge is 0.257 e. The van der Waals surface area contributed by atoms with Gasteiger partial charge in [0.05, 0.1) is 30.9 Å². The highest BCUT2D eigenvalue weighted by Gasteiger charge is 2.31. The van der Waals surface area contributed by atoms with Crippen molar-refractivity contribution in [2.24, 2.45) is 5.73 Å². The van der Waals surface area contributed by atoms with Crippen LogP contribution in [0.3, 0.4) is 0 Å². The molecule has 34 heavy (non-hydrogen) atoms. The lowest BCUT2D eigenvalue weighted by Gasteiger charge is -2.34. The molecule has 1 heterocycles. The molecule has 1 atom stereocenters. The number of methoxy groups -OCH3 is 1. The van der Waals surface area contributed by atoms with Gasteiger partial charge in [0, 0.05) is 12.2 Å². The Labute approximate surface area is 197 Å². The molecular weight excluding hydrogens is 432 g/mol. The normalized spacial score (nSPS) is 15.1. The topological polar surface area (TPSA) is 114 Å². The number of rotatable bonds is 7. The van der Waals surface area contributed by atoms with Gasteiger partial charge in [-0.25, -0.2) is 0 Å². The van der Waals surface area contributed by atoms with Crippen LogP contribution < -0.4 is 21.1 Å². The summed E-state index contributed by atoms with van der Waals surface area (Å²) < 4.78 is 5.13. The molecule has 8 heteroatoms. The number of carbonyl (C=O) groups excluding carboxylic acids is 3. The molecule has 3 aromatic rings. The Morgan fingerprint density at radius 1 is 0.941 bits per heavy atom. The first-order chi connectivity index (χ1) is 16.4. The van der Waals surface area contributed by atoms with Crippen LogP contribution in [0.1, 0.15) is 21.5 Å². The van der Waals surface area contributed by atoms with Gasteiger partial charge in [-0.15, -0.1) is 0 Å². The summed E-state index contributed by atoms with van der Waals surface area (Å²) in [6.45, 7) is 0.410. The second-order valence-corrected chi connectivity index (χ2v) is 8.07. The number of ether oxygens (including phenoxy) is 1. The van der Waals surface area contributed by atoms with Gasteiger partial charge >= 0.3 is 0 Å². The summed E-state index contributed by atoms with van der Waals surface area (Å²) in [4.78, 5) is 39.6. The van der Waals surface area contributed by atoms with Crippen molar-refractivity contribution in [1.82, 2.24) is 4.90 Å². The predicted molar refractivity (Wildman–Crippen MR) is 130 cm³/mol.